The van der Waals surface area contributed by atoms with Crippen LogP contribution in [0.15, 0.2) is 29.4 Å². The van der Waals surface area contributed by atoms with Gasteiger partial charge in [0.1, 0.15) is 18.4 Å². The van der Waals surface area contributed by atoms with Crippen LogP contribution < -0.4 is 10.5 Å². The Balaban J connectivity index is 1.58. The van der Waals surface area contributed by atoms with Crippen LogP contribution in [0.1, 0.15) is 38.5 Å². The molecule has 0 spiro atoms. The predicted octanol–water partition coefficient (Wildman–Crippen LogP) is 3.46. The number of likely N-dealkylation sites (tertiary alicyclic amines) is 1. The van der Waals surface area contributed by atoms with Crippen LogP contribution in [-0.4, -0.2) is 52.8 Å². The Morgan fingerprint density at radius 1 is 1.22 bits per heavy atom. The number of halogens is 2. The molecular weight excluding hydrogens is 531 g/mol. The van der Waals surface area contributed by atoms with Gasteiger partial charge < -0.3 is 20.7 Å². The van der Waals surface area contributed by atoms with Crippen LogP contribution in [0.2, 0.25) is 10.0 Å². The molecule has 3 atom stereocenters. The molecule has 14 heteroatoms. The van der Waals surface area contributed by atoms with Crippen LogP contribution in [0.3, 0.4) is 0 Å². The molecule has 36 heavy (non-hydrogen) atoms. The first-order valence-electron chi connectivity index (χ1n) is 11.8. The molecule has 2 aliphatic rings. The van der Waals surface area contributed by atoms with Gasteiger partial charge in [0.25, 0.3) is 0 Å². The van der Waals surface area contributed by atoms with Gasteiger partial charge in [-0.2, -0.15) is 4.72 Å². The van der Waals surface area contributed by atoms with E-state index in [9.17, 15) is 23.3 Å². The number of sulfonamides is 1. The minimum atomic E-state index is -4.23. The molecule has 1 saturated carbocycles. The summed E-state index contributed by atoms with van der Waals surface area (Å²) in [6.45, 7) is 1.13. The Morgan fingerprint density at radius 2 is 1.89 bits per heavy atom. The molecule has 1 unspecified atom stereocenters. The van der Waals surface area contributed by atoms with E-state index in [1.54, 1.807) is 4.90 Å². The van der Waals surface area contributed by atoms with Gasteiger partial charge in [-0.25, -0.2) is 13.0 Å². The molecule has 11 nitrogen and oxygen atoms in total. The van der Waals surface area contributed by atoms with Crippen molar-refractivity contribution in [2.45, 2.75) is 56.0 Å². The summed E-state index contributed by atoms with van der Waals surface area (Å²) >= 11 is 12.1. The van der Waals surface area contributed by atoms with Crippen molar-refractivity contribution >= 4 is 50.8 Å². The number of amides is 1. The minimum absolute atomic E-state index is 0.0123. The molecule has 2 fully saturated rings. The van der Waals surface area contributed by atoms with Crippen LogP contribution in [0.4, 0.5) is 11.6 Å². The third-order valence-corrected chi connectivity index (χ3v) is 9.15. The monoisotopic (exact) mass is 558 g/mol. The number of hydrogen-bond donors (Lipinski definition) is 2. The summed E-state index contributed by atoms with van der Waals surface area (Å²) in [6.07, 6.45) is 8.10. The van der Waals surface area contributed by atoms with E-state index in [0.717, 1.165) is 25.7 Å². The highest BCUT2D eigenvalue weighted by Crippen LogP contribution is 2.36. The van der Waals surface area contributed by atoms with Gasteiger partial charge in [-0.1, -0.05) is 47.4 Å². The lowest BCUT2D eigenvalue weighted by Gasteiger charge is -2.42. The number of anilines is 1. The van der Waals surface area contributed by atoms with E-state index in [2.05, 4.69) is 9.71 Å². The molecule has 0 bridgehead atoms. The number of fused-ring (bicyclic) bond motifs is 1. The second-order valence-corrected chi connectivity index (χ2v) is 11.8. The standard InChI is InChI=1S/C22H28Cl2N6O5S/c23-17-11-16(12-18(24)20(17)25)36(34,35)27-19(6-9-28-10-7-26-22(28)30(32)33)21(31)29-8-5-14-3-1-2-4-15(14)13-29/h7,10-12,14-15,19,27H,1-6,8-9,13,25H2/t14-,15-,19?/m1/s1. The zero-order chi connectivity index (χ0) is 26.0. The van der Waals surface area contributed by atoms with E-state index in [0.29, 0.717) is 24.9 Å². The molecule has 1 aromatic carbocycles. The minimum Gasteiger partial charge on any atom is -0.396 e. The summed E-state index contributed by atoms with van der Waals surface area (Å²) in [6, 6.07) is 1.18. The molecule has 0 radical (unpaired) electrons. The van der Waals surface area contributed by atoms with Crippen molar-refractivity contribution in [2.75, 3.05) is 18.8 Å². The predicted molar refractivity (Wildman–Crippen MR) is 135 cm³/mol. The first-order chi connectivity index (χ1) is 17.1. The van der Waals surface area contributed by atoms with Crippen LogP contribution in [0, 0.1) is 22.0 Å². The van der Waals surface area contributed by atoms with Crippen molar-refractivity contribution in [1.29, 1.82) is 0 Å². The quantitative estimate of drug-likeness (QED) is 0.285. The third kappa shape index (κ3) is 5.77. The fourth-order valence-corrected chi connectivity index (χ4v) is 7.03. The number of hydrogen-bond acceptors (Lipinski definition) is 7. The van der Waals surface area contributed by atoms with E-state index < -0.39 is 21.0 Å². The maximum absolute atomic E-state index is 13.6. The van der Waals surface area contributed by atoms with Crippen LogP contribution in [0.25, 0.3) is 0 Å². The molecule has 1 aliphatic heterocycles. The van der Waals surface area contributed by atoms with E-state index in [1.807, 2.05) is 0 Å². The molecule has 196 valence electrons. The lowest BCUT2D eigenvalue weighted by Crippen LogP contribution is -2.53. The fraction of sp³-hybridized carbons (Fsp3) is 0.545. The fourth-order valence-electron chi connectivity index (χ4n) is 5.14. The number of nitro groups is 1. The van der Waals surface area contributed by atoms with E-state index in [-0.39, 0.29) is 45.4 Å². The number of nitrogens with two attached hydrogens (primary N) is 1. The molecule has 3 N–H and O–H groups in total. The number of nitrogen functional groups attached to an aromatic ring is 1. The first-order valence-corrected chi connectivity index (χ1v) is 14.0. The van der Waals surface area contributed by atoms with Crippen molar-refractivity contribution in [2.24, 2.45) is 11.8 Å². The Kier molecular flexibility index (Phi) is 8.08. The number of aromatic nitrogens is 2. The Hall–Kier alpha value is -2.41. The number of imidazole rings is 1. The maximum Gasteiger partial charge on any atom is 0.434 e. The van der Waals surface area contributed by atoms with Crippen LogP contribution in [-0.2, 0) is 21.4 Å². The Bertz CT molecular complexity index is 1230. The molecule has 1 amide bonds. The summed E-state index contributed by atoms with van der Waals surface area (Å²) in [5, 5.41) is 11.2. The highest BCUT2D eigenvalue weighted by atomic mass is 35.5. The van der Waals surface area contributed by atoms with Gasteiger partial charge in [0.05, 0.1) is 27.2 Å². The average Bonchev–Trinajstić information content (AvgIpc) is 3.33. The number of rotatable bonds is 8. The summed E-state index contributed by atoms with van der Waals surface area (Å²) in [7, 11) is -4.23. The Morgan fingerprint density at radius 3 is 2.56 bits per heavy atom. The topological polar surface area (TPSA) is 153 Å². The molecule has 1 saturated heterocycles. The SMILES string of the molecule is Nc1c(Cl)cc(S(=O)(=O)NC(CCn2ccnc2[N+](=O)[O-])C(=O)N2CC[C@H]3CCCC[C@@H]3C2)cc1Cl. The van der Waals surface area contributed by atoms with Crippen molar-refractivity contribution in [3.63, 3.8) is 0 Å². The normalized spacial score (nSPS) is 21.1. The molecule has 2 heterocycles. The van der Waals surface area contributed by atoms with Crippen molar-refractivity contribution in [3.8, 4) is 0 Å². The maximum atomic E-state index is 13.6. The number of piperidine rings is 1. The molecule has 1 aliphatic carbocycles. The van der Waals surface area contributed by atoms with Gasteiger partial charge in [-0.3, -0.25) is 4.79 Å². The van der Waals surface area contributed by atoms with Gasteiger partial charge >= 0.3 is 5.95 Å². The van der Waals surface area contributed by atoms with Crippen molar-refractivity contribution < 1.29 is 18.1 Å². The first kappa shape index (κ1) is 26.6. The lowest BCUT2D eigenvalue weighted by molar-refractivity contribution is -0.396. The molecule has 2 aromatic rings. The number of benzene rings is 1. The molecule has 1 aromatic heterocycles. The smallest absolute Gasteiger partial charge is 0.396 e. The summed E-state index contributed by atoms with van der Waals surface area (Å²) in [4.78, 5) is 29.4. The number of nitrogens with one attached hydrogen (secondary N) is 1. The highest BCUT2D eigenvalue weighted by Gasteiger charge is 2.37. The largest absolute Gasteiger partial charge is 0.434 e. The average molecular weight is 559 g/mol. The van der Waals surface area contributed by atoms with Crippen LogP contribution >= 0.6 is 23.2 Å². The third-order valence-electron chi connectivity index (χ3n) is 7.08. The number of nitrogens with zero attached hydrogens (tertiary/aromatic N) is 4. The number of carbonyl (C=O) groups is 1. The van der Waals surface area contributed by atoms with Gasteiger partial charge in [0, 0.05) is 19.5 Å². The molecule has 4 rings (SSSR count). The van der Waals surface area contributed by atoms with Gasteiger partial charge in [-0.05, 0) is 41.7 Å². The highest BCUT2D eigenvalue weighted by molar-refractivity contribution is 7.89. The number of carbonyl (C=O) groups excluding carboxylic acids is 1. The van der Waals surface area contributed by atoms with Gasteiger partial charge in [0.15, 0.2) is 0 Å². The van der Waals surface area contributed by atoms with E-state index >= 15 is 0 Å². The summed E-state index contributed by atoms with van der Waals surface area (Å²) < 4.78 is 30.2. The lowest BCUT2D eigenvalue weighted by atomic mass is 9.75. The number of aryl methyl sites for hydroxylation is 1. The Labute approximate surface area is 219 Å². The summed E-state index contributed by atoms with van der Waals surface area (Å²) in [5.74, 6) is 0.242. The summed E-state index contributed by atoms with van der Waals surface area (Å²) in [5.41, 5.74) is 5.78. The molecular formula is C22H28Cl2N6O5S. The second kappa shape index (κ2) is 10.9. The van der Waals surface area contributed by atoms with Gasteiger partial charge in [-0.15, -0.1) is 0 Å². The van der Waals surface area contributed by atoms with Crippen LogP contribution in [0.5, 0.6) is 0 Å². The second-order valence-electron chi connectivity index (χ2n) is 9.32. The van der Waals surface area contributed by atoms with Crippen molar-refractivity contribution in [1.82, 2.24) is 19.2 Å². The van der Waals surface area contributed by atoms with E-state index in [1.165, 1.54) is 35.5 Å². The van der Waals surface area contributed by atoms with Gasteiger partial charge in [0.2, 0.25) is 15.9 Å². The van der Waals surface area contributed by atoms with Crippen molar-refractivity contribution in [3.05, 3.63) is 44.7 Å². The van der Waals surface area contributed by atoms with E-state index in [4.69, 9.17) is 28.9 Å². The zero-order valence-corrected chi connectivity index (χ0v) is 21.8. The zero-order valence-electron chi connectivity index (χ0n) is 19.5.